The van der Waals surface area contributed by atoms with Crippen LogP contribution in [0.1, 0.15) is 35.6 Å². The highest BCUT2D eigenvalue weighted by Gasteiger charge is 2.31. The number of alkyl halides is 3. The number of hydrogen-bond donors (Lipinski definition) is 1. The van der Waals surface area contributed by atoms with Gasteiger partial charge >= 0.3 is 12.1 Å². The van der Waals surface area contributed by atoms with Gasteiger partial charge in [0.25, 0.3) is 0 Å². The number of aromatic nitrogens is 3. The van der Waals surface area contributed by atoms with Gasteiger partial charge in [0, 0.05) is 12.3 Å². The molecule has 0 bridgehead atoms. The molecular formula is C14H13ClF3N3O3. The molecule has 0 unspecified atom stereocenters. The van der Waals surface area contributed by atoms with Crippen molar-refractivity contribution in [2.45, 2.75) is 32.7 Å². The van der Waals surface area contributed by atoms with Gasteiger partial charge in [-0.2, -0.15) is 13.2 Å². The summed E-state index contributed by atoms with van der Waals surface area (Å²) in [5, 5.41) is 12.9. The molecule has 0 aliphatic heterocycles. The fraction of sp³-hybridized carbons (Fsp3) is 0.357. The van der Waals surface area contributed by atoms with Crippen LogP contribution in [-0.2, 0) is 12.7 Å². The predicted molar refractivity (Wildman–Crippen MR) is 78.3 cm³/mol. The first kappa shape index (κ1) is 18.1. The standard InChI is InChI=1S/C14H13ClF3N3O3/c1-7(2)24-12-4-11(13(22)23)21(20-12)6-10-9(15)3-8(5-19-10)14(16,17)18/h3-5,7H,6H2,1-2H3,(H,22,23). The smallest absolute Gasteiger partial charge is 0.417 e. The average Bonchev–Trinajstić information content (AvgIpc) is 2.82. The Hall–Kier alpha value is -2.29. The van der Waals surface area contributed by atoms with E-state index in [9.17, 15) is 23.1 Å². The summed E-state index contributed by atoms with van der Waals surface area (Å²) in [6.07, 6.45) is -4.15. The van der Waals surface area contributed by atoms with Crippen LogP contribution < -0.4 is 4.74 Å². The molecule has 2 heterocycles. The summed E-state index contributed by atoms with van der Waals surface area (Å²) in [5.41, 5.74) is -1.12. The van der Waals surface area contributed by atoms with Crippen molar-refractivity contribution >= 4 is 17.6 Å². The average molecular weight is 364 g/mol. The fourth-order valence-electron chi connectivity index (χ4n) is 1.86. The molecule has 0 spiro atoms. The maximum atomic E-state index is 12.6. The van der Waals surface area contributed by atoms with Gasteiger partial charge in [0.05, 0.1) is 28.9 Å². The van der Waals surface area contributed by atoms with Gasteiger partial charge in [-0.05, 0) is 19.9 Å². The summed E-state index contributed by atoms with van der Waals surface area (Å²) in [7, 11) is 0. The number of carbonyl (C=O) groups is 1. The minimum absolute atomic E-state index is 0.0614. The first-order valence-corrected chi connectivity index (χ1v) is 7.15. The SMILES string of the molecule is CC(C)Oc1cc(C(=O)O)n(Cc2ncc(C(F)(F)F)cc2Cl)n1. The minimum Gasteiger partial charge on any atom is -0.477 e. The van der Waals surface area contributed by atoms with Crippen molar-refractivity contribution in [1.29, 1.82) is 0 Å². The number of nitrogens with zero attached hydrogens (tertiary/aromatic N) is 3. The molecule has 1 N–H and O–H groups in total. The normalized spacial score (nSPS) is 11.8. The van der Waals surface area contributed by atoms with Gasteiger partial charge in [0.1, 0.15) is 0 Å². The molecule has 10 heteroatoms. The number of carboxylic acids is 1. The highest BCUT2D eigenvalue weighted by Crippen LogP contribution is 2.31. The van der Waals surface area contributed by atoms with E-state index in [0.717, 1.165) is 10.7 Å². The summed E-state index contributed by atoms with van der Waals surface area (Å²) in [5.74, 6) is -1.17. The third-order valence-electron chi connectivity index (χ3n) is 2.88. The Morgan fingerprint density at radius 1 is 1.42 bits per heavy atom. The highest BCUT2D eigenvalue weighted by atomic mass is 35.5. The van der Waals surface area contributed by atoms with Crippen LogP contribution in [0.25, 0.3) is 0 Å². The van der Waals surface area contributed by atoms with Gasteiger partial charge < -0.3 is 9.84 Å². The molecule has 2 aromatic heterocycles. The molecule has 0 amide bonds. The molecule has 0 aromatic carbocycles. The molecular weight excluding hydrogens is 351 g/mol. The van der Waals surface area contributed by atoms with Crippen molar-refractivity contribution in [3.63, 3.8) is 0 Å². The number of aromatic carboxylic acids is 1. The third kappa shape index (κ3) is 4.16. The van der Waals surface area contributed by atoms with E-state index in [1.165, 1.54) is 6.07 Å². The maximum Gasteiger partial charge on any atom is 0.417 e. The zero-order valence-electron chi connectivity index (χ0n) is 12.6. The summed E-state index contributed by atoms with van der Waals surface area (Å²) in [6.45, 7) is 3.28. The van der Waals surface area contributed by atoms with Crippen molar-refractivity contribution in [1.82, 2.24) is 14.8 Å². The molecule has 6 nitrogen and oxygen atoms in total. The lowest BCUT2D eigenvalue weighted by Gasteiger charge is -2.10. The van der Waals surface area contributed by atoms with Crippen LogP contribution in [0.4, 0.5) is 13.2 Å². The Kier molecular flexibility index (Phi) is 5.02. The lowest BCUT2D eigenvalue weighted by Crippen LogP contribution is -2.13. The first-order chi connectivity index (χ1) is 11.1. The Labute approximate surface area is 139 Å². The number of pyridine rings is 1. The van der Waals surface area contributed by atoms with Crippen LogP contribution in [0.15, 0.2) is 18.3 Å². The molecule has 0 atom stereocenters. The van der Waals surface area contributed by atoms with Crippen molar-refractivity contribution in [3.8, 4) is 5.88 Å². The Balaban J connectivity index is 2.33. The Morgan fingerprint density at radius 2 is 2.08 bits per heavy atom. The van der Waals surface area contributed by atoms with Gasteiger partial charge in [-0.3, -0.25) is 4.98 Å². The summed E-state index contributed by atoms with van der Waals surface area (Å²) in [4.78, 5) is 14.9. The minimum atomic E-state index is -4.56. The van der Waals surface area contributed by atoms with Crippen molar-refractivity contribution in [2.75, 3.05) is 0 Å². The molecule has 0 saturated heterocycles. The monoisotopic (exact) mass is 363 g/mol. The van der Waals surface area contributed by atoms with Crippen LogP contribution in [0.2, 0.25) is 5.02 Å². The van der Waals surface area contributed by atoms with Gasteiger partial charge in [0.2, 0.25) is 5.88 Å². The van der Waals surface area contributed by atoms with E-state index in [1.807, 2.05) is 0 Å². The molecule has 2 rings (SSSR count). The first-order valence-electron chi connectivity index (χ1n) is 6.77. The number of hydrogen-bond acceptors (Lipinski definition) is 4. The van der Waals surface area contributed by atoms with E-state index in [1.54, 1.807) is 13.8 Å². The van der Waals surface area contributed by atoms with Crippen molar-refractivity contribution in [3.05, 3.63) is 40.3 Å². The largest absolute Gasteiger partial charge is 0.477 e. The van der Waals surface area contributed by atoms with Crippen LogP contribution in [-0.4, -0.2) is 31.9 Å². The van der Waals surface area contributed by atoms with Crippen LogP contribution >= 0.6 is 11.6 Å². The van der Waals surface area contributed by atoms with E-state index in [4.69, 9.17) is 16.3 Å². The van der Waals surface area contributed by atoms with Gasteiger partial charge in [-0.15, -0.1) is 5.10 Å². The summed E-state index contributed by atoms with van der Waals surface area (Å²) in [6, 6.07) is 1.96. The second-order valence-corrected chi connectivity index (χ2v) is 5.55. The molecule has 0 radical (unpaired) electrons. The topological polar surface area (TPSA) is 77.2 Å². The molecule has 0 fully saturated rings. The molecule has 0 aliphatic rings. The zero-order chi connectivity index (χ0) is 18.1. The van der Waals surface area contributed by atoms with Gasteiger partial charge in [-0.25, -0.2) is 9.48 Å². The molecule has 0 saturated carbocycles. The lowest BCUT2D eigenvalue weighted by atomic mass is 10.2. The maximum absolute atomic E-state index is 12.6. The van der Waals surface area contributed by atoms with Gasteiger partial charge in [0.15, 0.2) is 5.69 Å². The lowest BCUT2D eigenvalue weighted by molar-refractivity contribution is -0.137. The Bertz CT molecular complexity index is 759. The van der Waals surface area contributed by atoms with Crippen LogP contribution in [0.5, 0.6) is 5.88 Å². The number of halogens is 4. The van der Waals surface area contributed by atoms with Crippen LogP contribution in [0.3, 0.4) is 0 Å². The highest BCUT2D eigenvalue weighted by molar-refractivity contribution is 6.31. The summed E-state index contributed by atoms with van der Waals surface area (Å²) < 4.78 is 44.2. The van der Waals surface area contributed by atoms with E-state index in [-0.39, 0.29) is 34.9 Å². The molecule has 2 aromatic rings. The number of ether oxygens (including phenoxy) is 1. The molecule has 130 valence electrons. The van der Waals surface area contributed by atoms with Crippen LogP contribution in [0, 0.1) is 0 Å². The van der Waals surface area contributed by atoms with E-state index >= 15 is 0 Å². The van der Waals surface area contributed by atoms with Crippen molar-refractivity contribution in [2.24, 2.45) is 0 Å². The Morgan fingerprint density at radius 3 is 2.58 bits per heavy atom. The molecule has 0 aliphatic carbocycles. The number of carboxylic acid groups (broad SMARTS) is 1. The van der Waals surface area contributed by atoms with E-state index in [2.05, 4.69) is 10.1 Å². The second-order valence-electron chi connectivity index (χ2n) is 5.15. The zero-order valence-corrected chi connectivity index (χ0v) is 13.4. The predicted octanol–water partition coefficient (Wildman–Crippen LogP) is 3.48. The molecule has 24 heavy (non-hydrogen) atoms. The van der Waals surface area contributed by atoms with E-state index < -0.39 is 17.7 Å². The van der Waals surface area contributed by atoms with Gasteiger partial charge in [-0.1, -0.05) is 11.6 Å². The quantitative estimate of drug-likeness (QED) is 0.880. The van der Waals surface area contributed by atoms with Crippen molar-refractivity contribution < 1.29 is 27.8 Å². The summed E-state index contributed by atoms with van der Waals surface area (Å²) >= 11 is 5.83. The van der Waals surface area contributed by atoms with E-state index in [0.29, 0.717) is 6.20 Å². The third-order valence-corrected chi connectivity index (χ3v) is 3.20. The second kappa shape index (κ2) is 6.68. The number of rotatable bonds is 5. The fourth-order valence-corrected chi connectivity index (χ4v) is 2.09.